The molecule has 1 amide bonds. The third kappa shape index (κ3) is 4.30. The first-order valence-electron chi connectivity index (χ1n) is 6.19. The average molecular weight is 269 g/mol. The smallest absolute Gasteiger partial charge is 0.225 e. The van der Waals surface area contributed by atoms with Crippen LogP contribution in [-0.2, 0) is 11.2 Å². The Morgan fingerprint density at radius 3 is 2.16 bits per heavy atom. The highest BCUT2D eigenvalue weighted by Gasteiger charge is 2.06. The number of aryl methyl sites for hydroxylation is 1. The average Bonchev–Trinajstić information content (AvgIpc) is 2.47. The fourth-order valence-electron chi connectivity index (χ4n) is 1.75. The maximum absolute atomic E-state index is 11.8. The van der Waals surface area contributed by atoms with Gasteiger partial charge in [-0.05, 0) is 12.0 Å². The normalized spacial score (nSPS) is 9.89. The van der Waals surface area contributed by atoms with E-state index >= 15 is 0 Å². The molecular formula is C16H15NOS. The van der Waals surface area contributed by atoms with E-state index in [2.05, 4.69) is 5.32 Å². The van der Waals surface area contributed by atoms with E-state index in [1.165, 1.54) is 0 Å². The molecular weight excluding hydrogens is 254 g/mol. The number of rotatable bonds is 4. The van der Waals surface area contributed by atoms with Gasteiger partial charge in [-0.3, -0.25) is 4.79 Å². The van der Waals surface area contributed by atoms with Crippen molar-refractivity contribution in [2.45, 2.75) is 12.8 Å². The largest absolute Gasteiger partial charge is 0.317 e. The Morgan fingerprint density at radius 1 is 0.947 bits per heavy atom. The van der Waals surface area contributed by atoms with Crippen LogP contribution < -0.4 is 5.32 Å². The van der Waals surface area contributed by atoms with Gasteiger partial charge < -0.3 is 5.32 Å². The van der Waals surface area contributed by atoms with Gasteiger partial charge in [-0.15, -0.1) is 0 Å². The zero-order valence-electron chi connectivity index (χ0n) is 10.5. The predicted octanol–water partition coefficient (Wildman–Crippen LogP) is 3.11. The molecule has 0 spiro atoms. The van der Waals surface area contributed by atoms with Crippen LogP contribution in [-0.4, -0.2) is 10.9 Å². The van der Waals surface area contributed by atoms with Crippen LogP contribution in [0.2, 0.25) is 0 Å². The van der Waals surface area contributed by atoms with E-state index in [0.717, 1.165) is 17.5 Å². The van der Waals surface area contributed by atoms with Crippen molar-refractivity contribution in [1.29, 1.82) is 0 Å². The van der Waals surface area contributed by atoms with E-state index in [1.807, 2.05) is 60.7 Å². The molecule has 0 unspecified atom stereocenters. The second-order valence-corrected chi connectivity index (χ2v) is 4.64. The van der Waals surface area contributed by atoms with Gasteiger partial charge in [0.1, 0.15) is 4.99 Å². The quantitative estimate of drug-likeness (QED) is 0.864. The lowest BCUT2D eigenvalue weighted by molar-refractivity contribution is -0.119. The highest BCUT2D eigenvalue weighted by molar-refractivity contribution is 7.80. The Kier molecular flexibility index (Phi) is 4.81. The fraction of sp³-hybridized carbons (Fsp3) is 0.125. The Labute approximate surface area is 118 Å². The molecule has 19 heavy (non-hydrogen) atoms. The van der Waals surface area contributed by atoms with Gasteiger partial charge in [-0.25, -0.2) is 0 Å². The standard InChI is InChI=1S/C16H15NOS/c18-15(12-11-13-7-3-1-4-8-13)17-16(19)14-9-5-2-6-10-14/h1-10H,11-12H2,(H,17,18,19). The Morgan fingerprint density at radius 2 is 1.53 bits per heavy atom. The summed E-state index contributed by atoms with van der Waals surface area (Å²) >= 11 is 5.20. The molecule has 3 heteroatoms. The lowest BCUT2D eigenvalue weighted by Crippen LogP contribution is -2.29. The summed E-state index contributed by atoms with van der Waals surface area (Å²) in [5, 5.41) is 2.76. The van der Waals surface area contributed by atoms with Gasteiger partial charge in [-0.2, -0.15) is 0 Å². The third-order valence-electron chi connectivity index (χ3n) is 2.77. The van der Waals surface area contributed by atoms with E-state index in [4.69, 9.17) is 12.2 Å². The molecule has 2 nitrogen and oxygen atoms in total. The second-order valence-electron chi connectivity index (χ2n) is 4.23. The van der Waals surface area contributed by atoms with Gasteiger partial charge in [0.15, 0.2) is 0 Å². The monoisotopic (exact) mass is 269 g/mol. The summed E-state index contributed by atoms with van der Waals surface area (Å²) in [6.07, 6.45) is 1.17. The summed E-state index contributed by atoms with van der Waals surface area (Å²) in [5.74, 6) is -0.0438. The van der Waals surface area contributed by atoms with Gasteiger partial charge in [0, 0.05) is 12.0 Å². The van der Waals surface area contributed by atoms with Crippen LogP contribution in [0.1, 0.15) is 17.5 Å². The molecule has 0 bridgehead atoms. The van der Waals surface area contributed by atoms with Crippen molar-refractivity contribution in [1.82, 2.24) is 5.32 Å². The molecule has 0 aliphatic rings. The van der Waals surface area contributed by atoms with E-state index in [0.29, 0.717) is 11.4 Å². The van der Waals surface area contributed by atoms with Crippen molar-refractivity contribution in [2.24, 2.45) is 0 Å². The zero-order chi connectivity index (χ0) is 13.5. The first kappa shape index (κ1) is 13.4. The number of carbonyl (C=O) groups excluding carboxylic acids is 1. The lowest BCUT2D eigenvalue weighted by atomic mass is 10.1. The molecule has 0 radical (unpaired) electrons. The minimum Gasteiger partial charge on any atom is -0.317 e. The predicted molar refractivity (Wildman–Crippen MR) is 81.0 cm³/mol. The first-order valence-corrected chi connectivity index (χ1v) is 6.59. The first-order chi connectivity index (χ1) is 9.25. The van der Waals surface area contributed by atoms with Crippen molar-refractivity contribution in [3.63, 3.8) is 0 Å². The Balaban J connectivity index is 1.83. The minimum atomic E-state index is -0.0438. The van der Waals surface area contributed by atoms with Gasteiger partial charge in [0.05, 0.1) is 0 Å². The van der Waals surface area contributed by atoms with Gasteiger partial charge in [0.25, 0.3) is 0 Å². The molecule has 0 aliphatic carbocycles. The molecule has 0 saturated carbocycles. The number of carbonyl (C=O) groups is 1. The van der Waals surface area contributed by atoms with Gasteiger partial charge in [-0.1, -0.05) is 72.9 Å². The zero-order valence-corrected chi connectivity index (χ0v) is 11.3. The van der Waals surface area contributed by atoms with Crippen molar-refractivity contribution in [2.75, 3.05) is 0 Å². The third-order valence-corrected chi connectivity index (χ3v) is 3.11. The molecule has 2 aromatic carbocycles. The Hall–Kier alpha value is -2.00. The van der Waals surface area contributed by atoms with Crippen molar-refractivity contribution < 1.29 is 4.79 Å². The molecule has 0 fully saturated rings. The van der Waals surface area contributed by atoms with Crippen LogP contribution in [0.25, 0.3) is 0 Å². The van der Waals surface area contributed by atoms with Gasteiger partial charge in [0.2, 0.25) is 5.91 Å². The SMILES string of the molecule is O=C(CCc1ccccc1)NC(=S)c1ccccc1. The maximum Gasteiger partial charge on any atom is 0.225 e. The highest BCUT2D eigenvalue weighted by atomic mass is 32.1. The van der Waals surface area contributed by atoms with Crippen LogP contribution in [0.15, 0.2) is 60.7 Å². The summed E-state index contributed by atoms with van der Waals surface area (Å²) in [6.45, 7) is 0. The van der Waals surface area contributed by atoms with E-state index in [-0.39, 0.29) is 5.91 Å². The minimum absolute atomic E-state index is 0.0438. The molecule has 96 valence electrons. The number of benzene rings is 2. The molecule has 0 atom stereocenters. The summed E-state index contributed by atoms with van der Waals surface area (Å²) in [6, 6.07) is 19.4. The molecule has 0 saturated heterocycles. The Bertz CT molecular complexity index is 551. The van der Waals surface area contributed by atoms with Crippen molar-refractivity contribution in [3.05, 3.63) is 71.8 Å². The molecule has 2 rings (SSSR count). The second kappa shape index (κ2) is 6.81. The fourth-order valence-corrected chi connectivity index (χ4v) is 2.00. The topological polar surface area (TPSA) is 29.1 Å². The highest BCUT2D eigenvalue weighted by Crippen LogP contribution is 2.03. The number of hydrogen-bond acceptors (Lipinski definition) is 2. The summed E-state index contributed by atoms with van der Waals surface area (Å²) in [4.78, 5) is 12.3. The summed E-state index contributed by atoms with van der Waals surface area (Å²) in [5.41, 5.74) is 2.02. The molecule has 1 N–H and O–H groups in total. The van der Waals surface area contributed by atoms with E-state index < -0.39 is 0 Å². The van der Waals surface area contributed by atoms with Crippen molar-refractivity contribution in [3.8, 4) is 0 Å². The molecule has 2 aromatic rings. The summed E-state index contributed by atoms with van der Waals surface area (Å²) in [7, 11) is 0. The number of hydrogen-bond donors (Lipinski definition) is 1. The van der Waals surface area contributed by atoms with Gasteiger partial charge >= 0.3 is 0 Å². The van der Waals surface area contributed by atoms with Crippen molar-refractivity contribution >= 4 is 23.1 Å². The maximum atomic E-state index is 11.8. The number of amides is 1. The number of thiocarbonyl (C=S) groups is 1. The number of nitrogens with one attached hydrogen (secondary N) is 1. The van der Waals surface area contributed by atoms with Crippen LogP contribution >= 0.6 is 12.2 Å². The van der Waals surface area contributed by atoms with Crippen LogP contribution in [0.3, 0.4) is 0 Å². The molecule has 0 aromatic heterocycles. The summed E-state index contributed by atoms with van der Waals surface area (Å²) < 4.78 is 0. The van der Waals surface area contributed by atoms with E-state index in [9.17, 15) is 4.79 Å². The lowest BCUT2D eigenvalue weighted by Gasteiger charge is -2.06. The molecule has 0 aliphatic heterocycles. The van der Waals surface area contributed by atoms with Crippen LogP contribution in [0.4, 0.5) is 0 Å². The van der Waals surface area contributed by atoms with E-state index in [1.54, 1.807) is 0 Å². The van der Waals surface area contributed by atoms with Crippen LogP contribution in [0.5, 0.6) is 0 Å². The molecule has 0 heterocycles. The van der Waals surface area contributed by atoms with Crippen LogP contribution in [0, 0.1) is 0 Å².